The zero-order valence-corrected chi connectivity index (χ0v) is 18.6. The molecule has 3 aromatic rings. The SMILES string of the molecule is Cc1ccc(-c2ccc(/C=C3/SC(=S)N(c4ccc(Cl)cc4)C3=O)o2)c(Br)c1. The highest BCUT2D eigenvalue weighted by molar-refractivity contribution is 9.10. The van der Waals surface area contributed by atoms with Crippen molar-refractivity contribution in [2.24, 2.45) is 0 Å². The molecule has 28 heavy (non-hydrogen) atoms. The lowest BCUT2D eigenvalue weighted by atomic mass is 10.1. The van der Waals surface area contributed by atoms with E-state index in [-0.39, 0.29) is 5.91 Å². The van der Waals surface area contributed by atoms with E-state index in [1.54, 1.807) is 30.3 Å². The average molecular weight is 491 g/mol. The second-order valence-electron chi connectivity index (χ2n) is 6.18. The molecule has 1 fully saturated rings. The number of thioether (sulfide) groups is 1. The molecule has 4 rings (SSSR count). The van der Waals surface area contributed by atoms with Crippen LogP contribution < -0.4 is 4.90 Å². The normalized spacial score (nSPS) is 15.7. The van der Waals surface area contributed by atoms with E-state index >= 15 is 0 Å². The molecule has 1 aromatic heterocycles. The van der Waals surface area contributed by atoms with Gasteiger partial charge in [-0.15, -0.1) is 0 Å². The molecular weight excluding hydrogens is 478 g/mol. The van der Waals surface area contributed by atoms with Gasteiger partial charge in [0.05, 0.1) is 10.6 Å². The molecule has 1 aliphatic heterocycles. The lowest BCUT2D eigenvalue weighted by molar-refractivity contribution is -0.113. The Morgan fingerprint density at radius 2 is 1.89 bits per heavy atom. The zero-order valence-electron chi connectivity index (χ0n) is 14.6. The number of furan rings is 1. The summed E-state index contributed by atoms with van der Waals surface area (Å²) in [5.41, 5.74) is 2.81. The summed E-state index contributed by atoms with van der Waals surface area (Å²) in [5.74, 6) is 1.15. The Morgan fingerprint density at radius 1 is 1.14 bits per heavy atom. The number of aryl methyl sites for hydroxylation is 1. The van der Waals surface area contributed by atoms with E-state index in [1.165, 1.54) is 16.7 Å². The van der Waals surface area contributed by atoms with Gasteiger partial charge in [0.25, 0.3) is 5.91 Å². The third-order valence-electron chi connectivity index (χ3n) is 4.17. The Kier molecular flexibility index (Phi) is 5.47. The summed E-state index contributed by atoms with van der Waals surface area (Å²) in [5, 5.41) is 0.607. The molecule has 0 radical (unpaired) electrons. The quantitative estimate of drug-likeness (QED) is 0.290. The first kappa shape index (κ1) is 19.5. The van der Waals surface area contributed by atoms with Gasteiger partial charge in [-0.25, -0.2) is 0 Å². The van der Waals surface area contributed by atoms with E-state index in [4.69, 9.17) is 28.2 Å². The lowest BCUT2D eigenvalue weighted by Crippen LogP contribution is -2.27. The highest BCUT2D eigenvalue weighted by Gasteiger charge is 2.33. The van der Waals surface area contributed by atoms with Gasteiger partial charge < -0.3 is 4.42 Å². The molecule has 0 atom stereocenters. The molecule has 0 N–H and O–H groups in total. The highest BCUT2D eigenvalue weighted by Crippen LogP contribution is 2.37. The van der Waals surface area contributed by atoms with Gasteiger partial charge in [0.1, 0.15) is 11.5 Å². The molecular formula is C21H13BrClNO2S2. The van der Waals surface area contributed by atoms with Gasteiger partial charge in [0.2, 0.25) is 0 Å². The van der Waals surface area contributed by atoms with Crippen LogP contribution in [-0.2, 0) is 4.79 Å². The molecule has 3 nitrogen and oxygen atoms in total. The van der Waals surface area contributed by atoms with E-state index in [9.17, 15) is 4.79 Å². The van der Waals surface area contributed by atoms with Gasteiger partial charge in [-0.05, 0) is 61.0 Å². The molecule has 0 spiro atoms. The topological polar surface area (TPSA) is 33.5 Å². The minimum absolute atomic E-state index is 0.174. The Bertz CT molecular complexity index is 1120. The number of carbonyl (C=O) groups is 1. The van der Waals surface area contributed by atoms with Crippen molar-refractivity contribution in [3.63, 3.8) is 0 Å². The number of hydrogen-bond acceptors (Lipinski definition) is 4. The van der Waals surface area contributed by atoms with Crippen LogP contribution in [0.3, 0.4) is 0 Å². The number of amides is 1. The van der Waals surface area contributed by atoms with Crippen LogP contribution in [0.4, 0.5) is 5.69 Å². The third kappa shape index (κ3) is 3.82. The Labute approximate surface area is 185 Å². The van der Waals surface area contributed by atoms with Crippen molar-refractivity contribution in [3.05, 3.63) is 80.3 Å². The van der Waals surface area contributed by atoms with Crippen LogP contribution in [0.25, 0.3) is 17.4 Å². The molecule has 2 aromatic carbocycles. The molecule has 0 aliphatic carbocycles. The maximum absolute atomic E-state index is 12.8. The van der Waals surface area contributed by atoms with Crippen molar-refractivity contribution in [3.8, 4) is 11.3 Å². The second-order valence-corrected chi connectivity index (χ2v) is 9.15. The predicted octanol–water partition coefficient (Wildman–Crippen LogP) is 7.08. The minimum Gasteiger partial charge on any atom is -0.457 e. The Morgan fingerprint density at radius 3 is 2.61 bits per heavy atom. The number of carbonyl (C=O) groups excluding carboxylic acids is 1. The van der Waals surface area contributed by atoms with Crippen molar-refractivity contribution in [2.45, 2.75) is 6.92 Å². The number of nitrogens with zero attached hydrogens (tertiary/aromatic N) is 1. The molecule has 1 aliphatic rings. The van der Waals surface area contributed by atoms with Gasteiger partial charge in [0, 0.05) is 21.1 Å². The van der Waals surface area contributed by atoms with Crippen LogP contribution >= 0.6 is 51.5 Å². The van der Waals surface area contributed by atoms with Crippen LogP contribution in [-0.4, -0.2) is 10.2 Å². The van der Waals surface area contributed by atoms with E-state index in [0.717, 1.165) is 21.4 Å². The van der Waals surface area contributed by atoms with Crippen LogP contribution in [0.2, 0.25) is 5.02 Å². The van der Waals surface area contributed by atoms with Crippen molar-refractivity contribution in [2.75, 3.05) is 4.90 Å². The fourth-order valence-corrected chi connectivity index (χ4v) is 4.90. The third-order valence-corrected chi connectivity index (χ3v) is 6.38. The summed E-state index contributed by atoms with van der Waals surface area (Å²) in [6, 6.07) is 16.8. The van der Waals surface area contributed by atoms with Crippen LogP contribution in [0.1, 0.15) is 11.3 Å². The first-order valence-corrected chi connectivity index (χ1v) is 10.7. The van der Waals surface area contributed by atoms with Crippen molar-refractivity contribution < 1.29 is 9.21 Å². The fourth-order valence-electron chi connectivity index (χ4n) is 2.80. The first-order chi connectivity index (χ1) is 13.4. The number of benzene rings is 2. The summed E-state index contributed by atoms with van der Waals surface area (Å²) in [6.45, 7) is 2.03. The maximum Gasteiger partial charge on any atom is 0.270 e. The van der Waals surface area contributed by atoms with Crippen molar-refractivity contribution in [1.29, 1.82) is 0 Å². The van der Waals surface area contributed by atoms with E-state index in [0.29, 0.717) is 25.7 Å². The molecule has 140 valence electrons. The molecule has 2 heterocycles. The molecule has 0 saturated carbocycles. The number of halogens is 2. The summed E-state index contributed by atoms with van der Waals surface area (Å²) >= 11 is 16.1. The van der Waals surface area contributed by atoms with Gasteiger partial charge in [0.15, 0.2) is 4.32 Å². The van der Waals surface area contributed by atoms with Crippen molar-refractivity contribution >= 4 is 73.5 Å². The molecule has 1 amide bonds. The monoisotopic (exact) mass is 489 g/mol. The Balaban J connectivity index is 1.61. The van der Waals surface area contributed by atoms with Crippen LogP contribution in [0.15, 0.2) is 68.4 Å². The molecule has 0 bridgehead atoms. The smallest absolute Gasteiger partial charge is 0.270 e. The summed E-state index contributed by atoms with van der Waals surface area (Å²) < 4.78 is 7.38. The van der Waals surface area contributed by atoms with Crippen LogP contribution in [0.5, 0.6) is 0 Å². The lowest BCUT2D eigenvalue weighted by Gasteiger charge is -2.14. The number of hydrogen-bond donors (Lipinski definition) is 0. The largest absolute Gasteiger partial charge is 0.457 e. The average Bonchev–Trinajstić information content (AvgIpc) is 3.21. The van der Waals surface area contributed by atoms with Gasteiger partial charge in [-0.2, -0.15) is 0 Å². The predicted molar refractivity (Wildman–Crippen MR) is 124 cm³/mol. The first-order valence-electron chi connectivity index (χ1n) is 8.32. The fraction of sp³-hybridized carbons (Fsp3) is 0.0476. The second kappa shape index (κ2) is 7.87. The van der Waals surface area contributed by atoms with Crippen molar-refractivity contribution in [1.82, 2.24) is 0 Å². The standard InChI is InChI=1S/C21H13BrClNO2S2/c1-12-2-8-16(17(22)10-12)18-9-7-15(26-18)11-19-20(25)24(21(27)28-19)14-5-3-13(23)4-6-14/h2-11H,1H3/b19-11+. The van der Waals surface area contributed by atoms with Gasteiger partial charge >= 0.3 is 0 Å². The van der Waals surface area contributed by atoms with Gasteiger partial charge in [-0.1, -0.05) is 57.6 Å². The minimum atomic E-state index is -0.174. The van der Waals surface area contributed by atoms with Gasteiger partial charge in [-0.3, -0.25) is 9.69 Å². The molecule has 0 unspecified atom stereocenters. The Hall–Kier alpha value is -1.86. The number of thiocarbonyl (C=S) groups is 1. The summed E-state index contributed by atoms with van der Waals surface area (Å²) in [7, 11) is 0. The maximum atomic E-state index is 12.8. The number of anilines is 1. The summed E-state index contributed by atoms with van der Waals surface area (Å²) in [4.78, 5) is 14.9. The van der Waals surface area contributed by atoms with E-state index in [2.05, 4.69) is 15.9 Å². The van der Waals surface area contributed by atoms with E-state index < -0.39 is 0 Å². The zero-order chi connectivity index (χ0) is 19.8. The molecule has 1 saturated heterocycles. The highest BCUT2D eigenvalue weighted by atomic mass is 79.9. The van der Waals surface area contributed by atoms with E-state index in [1.807, 2.05) is 37.3 Å². The summed E-state index contributed by atoms with van der Waals surface area (Å²) in [6.07, 6.45) is 1.72. The van der Waals surface area contributed by atoms with Crippen LogP contribution in [0, 0.1) is 6.92 Å². The molecule has 7 heteroatoms. The number of rotatable bonds is 3.